The number of halogens is 1. The van der Waals surface area contributed by atoms with Crippen molar-refractivity contribution in [2.24, 2.45) is 11.7 Å². The van der Waals surface area contributed by atoms with Crippen LogP contribution in [0, 0.1) is 5.92 Å². The molecule has 2 unspecified atom stereocenters. The van der Waals surface area contributed by atoms with Crippen LogP contribution in [0.3, 0.4) is 0 Å². The third-order valence-electron chi connectivity index (χ3n) is 4.59. The lowest BCUT2D eigenvalue weighted by atomic mass is 9.92. The summed E-state index contributed by atoms with van der Waals surface area (Å²) < 4.78 is 26.9. The largest absolute Gasteiger partial charge is 0.326 e. The van der Waals surface area contributed by atoms with Crippen molar-refractivity contribution in [1.29, 1.82) is 0 Å². The van der Waals surface area contributed by atoms with Gasteiger partial charge in [0.15, 0.2) is 0 Å². The van der Waals surface area contributed by atoms with Crippen LogP contribution >= 0.6 is 12.4 Å². The highest BCUT2D eigenvalue weighted by atomic mass is 35.5. The minimum atomic E-state index is -3.38. The smallest absolute Gasteiger partial charge is 0.243 e. The van der Waals surface area contributed by atoms with Crippen LogP contribution in [0.2, 0.25) is 0 Å². The van der Waals surface area contributed by atoms with Crippen molar-refractivity contribution >= 4 is 22.4 Å². The number of rotatable bonds is 2. The van der Waals surface area contributed by atoms with E-state index in [1.54, 1.807) is 6.07 Å². The molecule has 1 aliphatic carbocycles. The molecule has 0 amide bonds. The SMILES string of the molecule is CC1CN(S(=O)(=O)c2ccc3c(c2)CCCC3)CC1N.Cl. The van der Waals surface area contributed by atoms with E-state index in [1.165, 1.54) is 21.9 Å². The van der Waals surface area contributed by atoms with Crippen LogP contribution in [0.4, 0.5) is 0 Å². The number of nitrogens with two attached hydrogens (primary N) is 1. The number of sulfonamides is 1. The molecule has 6 heteroatoms. The second kappa shape index (κ2) is 6.24. The van der Waals surface area contributed by atoms with Crippen LogP contribution in [0.5, 0.6) is 0 Å². The first-order valence-electron chi connectivity index (χ1n) is 7.36. The van der Waals surface area contributed by atoms with Gasteiger partial charge in [0.05, 0.1) is 4.90 Å². The van der Waals surface area contributed by atoms with E-state index in [2.05, 4.69) is 0 Å². The molecule has 0 saturated carbocycles. The van der Waals surface area contributed by atoms with Crippen LogP contribution < -0.4 is 5.73 Å². The molecule has 1 heterocycles. The molecule has 118 valence electrons. The van der Waals surface area contributed by atoms with Gasteiger partial charge in [0, 0.05) is 19.1 Å². The van der Waals surface area contributed by atoms with Crippen molar-refractivity contribution in [3.05, 3.63) is 29.3 Å². The Kier molecular flexibility index (Phi) is 4.98. The lowest BCUT2D eigenvalue weighted by Crippen LogP contribution is -2.32. The summed E-state index contributed by atoms with van der Waals surface area (Å²) in [6.45, 7) is 2.97. The van der Waals surface area contributed by atoms with Crippen molar-refractivity contribution < 1.29 is 8.42 Å². The third kappa shape index (κ3) is 3.11. The second-order valence-corrected chi connectivity index (χ2v) is 8.04. The predicted molar refractivity (Wildman–Crippen MR) is 86.2 cm³/mol. The van der Waals surface area contributed by atoms with E-state index in [0.717, 1.165) is 19.3 Å². The summed E-state index contributed by atoms with van der Waals surface area (Å²) in [7, 11) is -3.38. The predicted octanol–water partition coefficient (Wildman–Crippen LogP) is 1.95. The van der Waals surface area contributed by atoms with E-state index in [-0.39, 0.29) is 24.4 Å². The molecule has 4 nitrogen and oxygen atoms in total. The molecular formula is C15H23ClN2O2S. The maximum absolute atomic E-state index is 12.7. The minimum absolute atomic E-state index is 0. The Labute approximate surface area is 133 Å². The number of hydrogen-bond acceptors (Lipinski definition) is 3. The molecule has 1 aliphatic heterocycles. The van der Waals surface area contributed by atoms with Crippen LogP contribution in [0.15, 0.2) is 23.1 Å². The van der Waals surface area contributed by atoms with Gasteiger partial charge in [-0.2, -0.15) is 4.31 Å². The fourth-order valence-electron chi connectivity index (χ4n) is 3.16. The minimum Gasteiger partial charge on any atom is -0.326 e. The molecule has 1 aromatic rings. The molecule has 2 aliphatic rings. The van der Waals surface area contributed by atoms with E-state index in [1.807, 2.05) is 19.1 Å². The summed E-state index contributed by atoms with van der Waals surface area (Å²) >= 11 is 0. The summed E-state index contributed by atoms with van der Waals surface area (Å²) in [4.78, 5) is 0.430. The quantitative estimate of drug-likeness (QED) is 0.901. The van der Waals surface area contributed by atoms with Gasteiger partial charge in [0.25, 0.3) is 0 Å². The molecule has 0 aromatic heterocycles. The summed E-state index contributed by atoms with van der Waals surface area (Å²) in [5.74, 6) is 0.224. The van der Waals surface area contributed by atoms with Gasteiger partial charge in [-0.25, -0.2) is 8.42 Å². The second-order valence-electron chi connectivity index (χ2n) is 6.10. The van der Waals surface area contributed by atoms with Crippen molar-refractivity contribution in [2.45, 2.75) is 43.5 Å². The fourth-order valence-corrected chi connectivity index (χ4v) is 4.79. The molecule has 21 heavy (non-hydrogen) atoms. The van der Waals surface area contributed by atoms with Gasteiger partial charge in [-0.3, -0.25) is 0 Å². The highest BCUT2D eigenvalue weighted by molar-refractivity contribution is 7.89. The third-order valence-corrected chi connectivity index (χ3v) is 6.42. The van der Waals surface area contributed by atoms with Crippen LogP contribution in [-0.4, -0.2) is 31.9 Å². The molecular weight excluding hydrogens is 308 g/mol. The van der Waals surface area contributed by atoms with E-state index >= 15 is 0 Å². The van der Waals surface area contributed by atoms with Crippen LogP contribution in [0.25, 0.3) is 0 Å². The Balaban J connectivity index is 0.00000161. The van der Waals surface area contributed by atoms with Gasteiger partial charge in [0.2, 0.25) is 10.0 Å². The van der Waals surface area contributed by atoms with Crippen molar-refractivity contribution in [3.8, 4) is 0 Å². The van der Waals surface area contributed by atoms with Gasteiger partial charge >= 0.3 is 0 Å². The summed E-state index contributed by atoms with van der Waals surface area (Å²) in [5, 5.41) is 0. The van der Waals surface area contributed by atoms with Crippen LogP contribution in [-0.2, 0) is 22.9 Å². The average Bonchev–Trinajstić information content (AvgIpc) is 2.79. The first kappa shape index (κ1) is 16.7. The fraction of sp³-hybridized carbons (Fsp3) is 0.600. The monoisotopic (exact) mass is 330 g/mol. The lowest BCUT2D eigenvalue weighted by molar-refractivity contribution is 0.464. The molecule has 0 radical (unpaired) electrons. The molecule has 2 N–H and O–H groups in total. The maximum atomic E-state index is 12.7. The summed E-state index contributed by atoms with van der Waals surface area (Å²) in [6, 6.07) is 5.56. The van der Waals surface area contributed by atoms with Gasteiger partial charge in [0.1, 0.15) is 0 Å². The zero-order valence-electron chi connectivity index (χ0n) is 12.3. The van der Waals surface area contributed by atoms with Crippen LogP contribution in [0.1, 0.15) is 30.9 Å². The first-order valence-corrected chi connectivity index (χ1v) is 8.80. The molecule has 1 saturated heterocycles. The number of fused-ring (bicyclic) bond motifs is 1. The summed E-state index contributed by atoms with van der Waals surface area (Å²) in [5.41, 5.74) is 8.46. The van der Waals surface area contributed by atoms with E-state index in [9.17, 15) is 8.42 Å². The van der Waals surface area contributed by atoms with Gasteiger partial charge < -0.3 is 5.73 Å². The van der Waals surface area contributed by atoms with E-state index in [0.29, 0.717) is 18.0 Å². The Hall–Kier alpha value is -0.620. The van der Waals surface area contributed by atoms with Gasteiger partial charge in [-0.15, -0.1) is 12.4 Å². The van der Waals surface area contributed by atoms with E-state index in [4.69, 9.17) is 5.73 Å². The Morgan fingerprint density at radius 1 is 1.14 bits per heavy atom. The number of aryl methyl sites for hydroxylation is 2. The molecule has 3 rings (SSSR count). The highest BCUT2D eigenvalue weighted by Gasteiger charge is 2.35. The van der Waals surface area contributed by atoms with E-state index < -0.39 is 10.0 Å². The number of benzene rings is 1. The molecule has 0 spiro atoms. The zero-order valence-corrected chi connectivity index (χ0v) is 13.9. The molecule has 0 bridgehead atoms. The number of hydrogen-bond donors (Lipinski definition) is 1. The maximum Gasteiger partial charge on any atom is 0.243 e. The topological polar surface area (TPSA) is 63.4 Å². The molecule has 2 atom stereocenters. The van der Waals surface area contributed by atoms with Crippen molar-refractivity contribution in [1.82, 2.24) is 4.31 Å². The Bertz CT molecular complexity index is 608. The molecule has 1 fully saturated rings. The average molecular weight is 331 g/mol. The normalized spacial score (nSPS) is 26.2. The molecule has 1 aromatic carbocycles. The van der Waals surface area contributed by atoms with Gasteiger partial charge in [-0.05, 0) is 54.9 Å². The number of nitrogens with zero attached hydrogens (tertiary/aromatic N) is 1. The van der Waals surface area contributed by atoms with Gasteiger partial charge in [-0.1, -0.05) is 13.0 Å². The Morgan fingerprint density at radius 3 is 2.43 bits per heavy atom. The van der Waals surface area contributed by atoms with Crippen molar-refractivity contribution in [3.63, 3.8) is 0 Å². The standard InChI is InChI=1S/C15H22N2O2S.ClH/c1-11-9-17(10-15(11)16)20(18,19)14-7-6-12-4-2-3-5-13(12)8-14;/h6-8,11,15H,2-5,9-10,16H2,1H3;1H. The first-order chi connectivity index (χ1) is 9.48. The summed E-state index contributed by atoms with van der Waals surface area (Å²) in [6.07, 6.45) is 4.43. The van der Waals surface area contributed by atoms with Crippen molar-refractivity contribution in [2.75, 3.05) is 13.1 Å². The Morgan fingerprint density at radius 2 is 1.81 bits per heavy atom. The highest BCUT2D eigenvalue weighted by Crippen LogP contribution is 2.28. The lowest BCUT2D eigenvalue weighted by Gasteiger charge is -2.20. The zero-order chi connectivity index (χ0) is 14.3.